The zero-order valence-corrected chi connectivity index (χ0v) is 21.2. The van der Waals surface area contributed by atoms with Gasteiger partial charge in [-0.25, -0.2) is 8.42 Å². The summed E-state index contributed by atoms with van der Waals surface area (Å²) in [5, 5.41) is 3.54. The number of amides is 2. The molecule has 2 aromatic rings. The summed E-state index contributed by atoms with van der Waals surface area (Å²) in [6.07, 6.45) is 6.25. The summed E-state index contributed by atoms with van der Waals surface area (Å²) in [7, 11) is -3.76. The van der Waals surface area contributed by atoms with Crippen molar-refractivity contribution in [1.82, 2.24) is 10.2 Å². The Labute approximate surface area is 207 Å². The predicted octanol–water partition coefficient (Wildman–Crippen LogP) is 3.97. The normalized spacial score (nSPS) is 15.4. The van der Waals surface area contributed by atoms with Crippen LogP contribution in [0.3, 0.4) is 0 Å². The molecule has 0 spiro atoms. The van der Waals surface area contributed by atoms with E-state index in [1.807, 2.05) is 30.3 Å². The molecule has 0 saturated heterocycles. The standard InChI is InChI=1S/C25H32ClN3O4S/c1-19(25(31)27-22-11-7-4-8-12-22)28(17-20-9-5-3-6-10-20)24(30)18-29(34(2,32)33)23-15-13-21(26)14-16-23/h3,5-6,9-10,13-16,19,22H,4,7-8,11-12,17-18H2,1-2H3,(H,27,31)/t19-/m0/s1. The fourth-order valence-electron chi connectivity index (χ4n) is 4.15. The molecule has 7 nitrogen and oxygen atoms in total. The highest BCUT2D eigenvalue weighted by Gasteiger charge is 2.31. The SMILES string of the molecule is C[C@@H](C(=O)NC1CCCCC1)N(Cc1ccccc1)C(=O)CN(c1ccc(Cl)cc1)S(C)(=O)=O. The van der Waals surface area contributed by atoms with Crippen LogP contribution in [0.25, 0.3) is 0 Å². The topological polar surface area (TPSA) is 86.8 Å². The van der Waals surface area contributed by atoms with Crippen molar-refractivity contribution in [3.8, 4) is 0 Å². The van der Waals surface area contributed by atoms with Crippen molar-refractivity contribution >= 4 is 39.1 Å². The monoisotopic (exact) mass is 505 g/mol. The highest BCUT2D eigenvalue weighted by atomic mass is 35.5. The Morgan fingerprint density at radius 3 is 2.24 bits per heavy atom. The van der Waals surface area contributed by atoms with Crippen molar-refractivity contribution in [3.05, 3.63) is 65.2 Å². The first-order valence-electron chi connectivity index (χ1n) is 11.5. The summed E-state index contributed by atoms with van der Waals surface area (Å²) in [4.78, 5) is 28.0. The van der Waals surface area contributed by atoms with Gasteiger partial charge in [0.1, 0.15) is 12.6 Å². The predicted molar refractivity (Wildman–Crippen MR) is 135 cm³/mol. The lowest BCUT2D eigenvalue weighted by atomic mass is 9.95. The van der Waals surface area contributed by atoms with E-state index in [9.17, 15) is 18.0 Å². The maximum absolute atomic E-state index is 13.5. The smallest absolute Gasteiger partial charge is 0.244 e. The largest absolute Gasteiger partial charge is 0.352 e. The molecule has 1 fully saturated rings. The molecule has 2 aromatic carbocycles. The summed E-state index contributed by atoms with van der Waals surface area (Å²) in [5.41, 5.74) is 1.18. The second-order valence-electron chi connectivity index (χ2n) is 8.77. The third-order valence-electron chi connectivity index (χ3n) is 6.11. The summed E-state index contributed by atoms with van der Waals surface area (Å²) in [6.45, 7) is 1.46. The van der Waals surface area contributed by atoms with E-state index in [4.69, 9.17) is 11.6 Å². The Morgan fingerprint density at radius 2 is 1.65 bits per heavy atom. The van der Waals surface area contributed by atoms with Gasteiger partial charge < -0.3 is 10.2 Å². The molecule has 1 saturated carbocycles. The van der Waals surface area contributed by atoms with Gasteiger partial charge in [-0.15, -0.1) is 0 Å². The molecular weight excluding hydrogens is 474 g/mol. The van der Waals surface area contributed by atoms with Crippen LogP contribution < -0.4 is 9.62 Å². The molecule has 1 N–H and O–H groups in total. The van der Waals surface area contributed by atoms with Gasteiger partial charge in [0.2, 0.25) is 21.8 Å². The van der Waals surface area contributed by atoms with Crippen LogP contribution in [0.4, 0.5) is 5.69 Å². The number of carbonyl (C=O) groups excluding carboxylic acids is 2. The fraction of sp³-hybridized carbons (Fsp3) is 0.440. The second-order valence-corrected chi connectivity index (χ2v) is 11.1. The number of halogens is 1. The fourth-order valence-corrected chi connectivity index (χ4v) is 5.13. The zero-order chi connectivity index (χ0) is 24.7. The van der Waals surface area contributed by atoms with Crippen molar-refractivity contribution in [1.29, 1.82) is 0 Å². The molecule has 0 bridgehead atoms. The number of sulfonamides is 1. The Bertz CT molecular complexity index is 1070. The third kappa shape index (κ3) is 7.21. The molecule has 0 radical (unpaired) electrons. The quantitative estimate of drug-likeness (QED) is 0.558. The van der Waals surface area contributed by atoms with Gasteiger partial charge in [-0.05, 0) is 49.6 Å². The van der Waals surface area contributed by atoms with E-state index >= 15 is 0 Å². The molecule has 0 aromatic heterocycles. The Hall–Kier alpha value is -2.58. The molecule has 2 amide bonds. The van der Waals surface area contributed by atoms with Crippen LogP contribution in [0.1, 0.15) is 44.6 Å². The van der Waals surface area contributed by atoms with E-state index in [1.165, 1.54) is 11.3 Å². The first-order chi connectivity index (χ1) is 16.1. The van der Waals surface area contributed by atoms with Gasteiger partial charge in [0, 0.05) is 17.6 Å². The maximum atomic E-state index is 13.5. The third-order valence-corrected chi connectivity index (χ3v) is 7.50. The summed E-state index contributed by atoms with van der Waals surface area (Å²) < 4.78 is 26.1. The van der Waals surface area contributed by atoms with Gasteiger partial charge in [-0.3, -0.25) is 13.9 Å². The molecule has 9 heteroatoms. The van der Waals surface area contributed by atoms with Gasteiger partial charge in [-0.1, -0.05) is 61.2 Å². The van der Waals surface area contributed by atoms with Crippen molar-refractivity contribution in [3.63, 3.8) is 0 Å². The summed E-state index contributed by atoms with van der Waals surface area (Å²) >= 11 is 5.95. The lowest BCUT2D eigenvalue weighted by Crippen LogP contribution is -2.52. The molecule has 1 atom stereocenters. The highest BCUT2D eigenvalue weighted by molar-refractivity contribution is 7.92. The van der Waals surface area contributed by atoms with Crippen LogP contribution in [0, 0.1) is 0 Å². The Balaban J connectivity index is 1.83. The minimum atomic E-state index is -3.76. The van der Waals surface area contributed by atoms with Crippen molar-refractivity contribution in [2.24, 2.45) is 0 Å². The molecule has 3 rings (SSSR count). The molecule has 0 aliphatic heterocycles. The molecule has 0 unspecified atom stereocenters. The number of anilines is 1. The van der Waals surface area contributed by atoms with Gasteiger partial charge in [0.15, 0.2) is 0 Å². The zero-order valence-electron chi connectivity index (χ0n) is 19.6. The molecule has 34 heavy (non-hydrogen) atoms. The van der Waals surface area contributed by atoms with Crippen molar-refractivity contribution < 1.29 is 18.0 Å². The van der Waals surface area contributed by atoms with Gasteiger partial charge in [0.05, 0.1) is 11.9 Å². The average Bonchev–Trinajstić information content (AvgIpc) is 2.81. The summed E-state index contributed by atoms with van der Waals surface area (Å²) in [6, 6.07) is 14.9. The number of hydrogen-bond acceptors (Lipinski definition) is 4. The Kier molecular flexibility index (Phi) is 8.97. The second kappa shape index (κ2) is 11.7. The molecule has 1 aliphatic rings. The lowest BCUT2D eigenvalue weighted by Gasteiger charge is -2.33. The van der Waals surface area contributed by atoms with Crippen LogP contribution in [-0.4, -0.2) is 50.0 Å². The van der Waals surface area contributed by atoms with Crippen LogP contribution >= 0.6 is 11.6 Å². The van der Waals surface area contributed by atoms with Crippen molar-refractivity contribution in [2.75, 3.05) is 17.1 Å². The van der Waals surface area contributed by atoms with Crippen LogP contribution in [0.15, 0.2) is 54.6 Å². The van der Waals surface area contributed by atoms with E-state index in [0.29, 0.717) is 10.7 Å². The Morgan fingerprint density at radius 1 is 1.03 bits per heavy atom. The first-order valence-corrected chi connectivity index (χ1v) is 13.7. The van der Waals surface area contributed by atoms with Crippen LogP contribution in [0.2, 0.25) is 5.02 Å². The lowest BCUT2D eigenvalue weighted by molar-refractivity contribution is -0.139. The average molecular weight is 506 g/mol. The van der Waals surface area contributed by atoms with Crippen LogP contribution in [-0.2, 0) is 26.2 Å². The van der Waals surface area contributed by atoms with Crippen molar-refractivity contribution in [2.45, 2.75) is 57.7 Å². The number of rotatable bonds is 9. The highest BCUT2D eigenvalue weighted by Crippen LogP contribution is 2.22. The molecule has 0 heterocycles. The number of carbonyl (C=O) groups is 2. The first kappa shape index (κ1) is 26.0. The van der Waals surface area contributed by atoms with Gasteiger partial charge in [0.25, 0.3) is 0 Å². The molecular formula is C25H32ClN3O4S. The van der Waals surface area contributed by atoms with E-state index in [0.717, 1.165) is 41.8 Å². The summed E-state index contributed by atoms with van der Waals surface area (Å²) in [5.74, 6) is -0.691. The van der Waals surface area contributed by atoms with E-state index in [1.54, 1.807) is 31.2 Å². The number of nitrogens with one attached hydrogen (secondary N) is 1. The number of hydrogen-bond donors (Lipinski definition) is 1. The maximum Gasteiger partial charge on any atom is 0.244 e. The van der Waals surface area contributed by atoms with Gasteiger partial charge in [-0.2, -0.15) is 0 Å². The molecule has 184 valence electrons. The van der Waals surface area contributed by atoms with E-state index in [2.05, 4.69) is 5.32 Å². The van der Waals surface area contributed by atoms with Gasteiger partial charge >= 0.3 is 0 Å². The molecule has 1 aliphatic carbocycles. The van der Waals surface area contributed by atoms with Crippen LogP contribution in [0.5, 0.6) is 0 Å². The van der Waals surface area contributed by atoms with E-state index < -0.39 is 28.5 Å². The number of nitrogens with zero attached hydrogens (tertiary/aromatic N) is 2. The van der Waals surface area contributed by atoms with E-state index in [-0.39, 0.29) is 18.5 Å². The minimum Gasteiger partial charge on any atom is -0.352 e. The minimum absolute atomic E-state index is 0.110. The number of benzene rings is 2.